The van der Waals surface area contributed by atoms with E-state index in [1.807, 2.05) is 6.08 Å². The monoisotopic (exact) mass is 446 g/mol. The molecule has 0 fully saturated rings. The first-order chi connectivity index (χ1) is 14.3. The van der Waals surface area contributed by atoms with Crippen molar-refractivity contribution in [1.29, 1.82) is 0 Å². The molecule has 1 aliphatic carbocycles. The minimum Gasteiger partial charge on any atom is -0.480 e. The number of aromatic nitrogens is 2. The Morgan fingerprint density at radius 2 is 2.13 bits per heavy atom. The van der Waals surface area contributed by atoms with Crippen LogP contribution in [0.3, 0.4) is 0 Å². The summed E-state index contributed by atoms with van der Waals surface area (Å²) in [5.74, 6) is -1.46. The minimum atomic E-state index is -3.70. The lowest BCUT2D eigenvalue weighted by molar-refractivity contribution is -0.137. The summed E-state index contributed by atoms with van der Waals surface area (Å²) < 4.78 is 42.0. The minimum absolute atomic E-state index is 0.160. The van der Waals surface area contributed by atoms with Crippen molar-refractivity contribution in [3.8, 4) is 0 Å². The standard InChI is InChI=1S/C21H19FN2O4S2/c1-13-16(17-9-14(22)7-8-19(17)24(13)11-20(25)26)10-18-21(29-12-23-18)30(27,28)15-5-3-2-4-6-15/h3,5-9,12H,2,4,10-11H2,1H3,(H,25,26). The molecule has 1 N–H and O–H groups in total. The number of allylic oxidation sites excluding steroid dienone is 3. The fraction of sp³-hybridized carbons (Fsp3) is 0.238. The van der Waals surface area contributed by atoms with Crippen LogP contribution in [0.1, 0.15) is 29.8 Å². The second-order valence-corrected chi connectivity index (χ2v) is 10.1. The molecule has 1 aromatic carbocycles. The van der Waals surface area contributed by atoms with Crippen molar-refractivity contribution in [2.24, 2.45) is 0 Å². The number of sulfone groups is 1. The van der Waals surface area contributed by atoms with E-state index >= 15 is 0 Å². The second kappa shape index (κ2) is 7.81. The molecule has 4 rings (SSSR count). The van der Waals surface area contributed by atoms with Crippen molar-refractivity contribution in [2.45, 2.75) is 36.9 Å². The van der Waals surface area contributed by atoms with Gasteiger partial charge >= 0.3 is 5.97 Å². The average Bonchev–Trinajstić information content (AvgIpc) is 3.28. The van der Waals surface area contributed by atoms with Crippen LogP contribution in [0.15, 0.2) is 51.1 Å². The molecular formula is C21H19FN2O4S2. The molecule has 6 nitrogen and oxygen atoms in total. The van der Waals surface area contributed by atoms with Crippen LogP contribution in [0.25, 0.3) is 10.9 Å². The number of rotatable bonds is 6. The first-order valence-electron chi connectivity index (χ1n) is 9.32. The van der Waals surface area contributed by atoms with Gasteiger partial charge in [-0.05, 0) is 49.6 Å². The van der Waals surface area contributed by atoms with Crippen molar-refractivity contribution >= 4 is 38.0 Å². The van der Waals surface area contributed by atoms with Crippen molar-refractivity contribution in [1.82, 2.24) is 9.55 Å². The Balaban J connectivity index is 1.82. The number of carboxylic acids is 1. The number of aliphatic carboxylic acids is 1. The summed E-state index contributed by atoms with van der Waals surface area (Å²) in [5, 5.41) is 9.83. The van der Waals surface area contributed by atoms with E-state index in [1.165, 1.54) is 17.6 Å². The highest BCUT2D eigenvalue weighted by Gasteiger charge is 2.27. The topological polar surface area (TPSA) is 89.3 Å². The zero-order chi connectivity index (χ0) is 21.5. The van der Waals surface area contributed by atoms with Crippen LogP contribution < -0.4 is 0 Å². The van der Waals surface area contributed by atoms with E-state index in [0.717, 1.165) is 17.8 Å². The third-order valence-electron chi connectivity index (χ3n) is 5.17. The van der Waals surface area contributed by atoms with Crippen LogP contribution >= 0.6 is 11.3 Å². The number of fused-ring (bicyclic) bond motifs is 1. The molecule has 0 saturated carbocycles. The molecule has 9 heteroatoms. The van der Waals surface area contributed by atoms with Crippen LogP contribution in [0.2, 0.25) is 0 Å². The summed E-state index contributed by atoms with van der Waals surface area (Å²) in [4.78, 5) is 15.9. The quantitative estimate of drug-likeness (QED) is 0.612. The van der Waals surface area contributed by atoms with Gasteiger partial charge in [0.15, 0.2) is 0 Å². The summed E-state index contributed by atoms with van der Waals surface area (Å²) >= 11 is 1.05. The fourth-order valence-corrected chi connectivity index (χ4v) is 6.47. The molecule has 30 heavy (non-hydrogen) atoms. The number of hydrogen-bond acceptors (Lipinski definition) is 5. The van der Waals surface area contributed by atoms with E-state index in [4.69, 9.17) is 0 Å². The Hall–Kier alpha value is -2.78. The highest BCUT2D eigenvalue weighted by Crippen LogP contribution is 2.34. The molecular weight excluding hydrogens is 427 g/mol. The third kappa shape index (κ3) is 3.59. The van der Waals surface area contributed by atoms with Gasteiger partial charge in [-0.2, -0.15) is 0 Å². The predicted octanol–water partition coefficient (Wildman–Crippen LogP) is 4.23. The SMILES string of the molecule is Cc1c(Cc2ncsc2S(=O)(=O)C2=CCCC=C2)c2cc(F)ccc2n1CC(=O)O. The molecule has 3 aromatic rings. The largest absolute Gasteiger partial charge is 0.480 e. The Bertz CT molecular complexity index is 1320. The van der Waals surface area contributed by atoms with Gasteiger partial charge in [0, 0.05) is 23.0 Å². The first kappa shape index (κ1) is 20.5. The van der Waals surface area contributed by atoms with Gasteiger partial charge in [0.2, 0.25) is 9.84 Å². The second-order valence-electron chi connectivity index (χ2n) is 7.06. The zero-order valence-electron chi connectivity index (χ0n) is 16.1. The summed E-state index contributed by atoms with van der Waals surface area (Å²) in [6.07, 6.45) is 6.79. The lowest BCUT2D eigenvalue weighted by Gasteiger charge is -2.09. The molecule has 0 radical (unpaired) electrons. The summed E-state index contributed by atoms with van der Waals surface area (Å²) in [6.45, 7) is 1.48. The lowest BCUT2D eigenvalue weighted by atomic mass is 10.1. The van der Waals surface area contributed by atoms with E-state index in [-0.39, 0.29) is 22.1 Å². The first-order valence-corrected chi connectivity index (χ1v) is 11.7. The maximum absolute atomic E-state index is 14.0. The molecule has 2 aromatic heterocycles. The number of hydrogen-bond donors (Lipinski definition) is 1. The van der Waals surface area contributed by atoms with Crippen molar-refractivity contribution in [3.63, 3.8) is 0 Å². The maximum atomic E-state index is 14.0. The molecule has 156 valence electrons. The summed E-state index contributed by atoms with van der Waals surface area (Å²) in [6, 6.07) is 4.17. The molecule has 1 aliphatic rings. The average molecular weight is 447 g/mol. The zero-order valence-corrected chi connectivity index (χ0v) is 17.8. The van der Waals surface area contributed by atoms with Gasteiger partial charge in [-0.25, -0.2) is 17.8 Å². The Morgan fingerprint density at radius 3 is 2.83 bits per heavy atom. The Morgan fingerprint density at radius 1 is 1.33 bits per heavy atom. The van der Waals surface area contributed by atoms with E-state index in [1.54, 1.807) is 29.7 Å². The lowest BCUT2D eigenvalue weighted by Crippen LogP contribution is -2.10. The molecule has 0 amide bonds. The predicted molar refractivity (Wildman–Crippen MR) is 113 cm³/mol. The number of halogens is 1. The Labute approximate surface area is 176 Å². The molecule has 0 atom stereocenters. The molecule has 0 spiro atoms. The van der Waals surface area contributed by atoms with Gasteiger partial charge < -0.3 is 9.67 Å². The van der Waals surface area contributed by atoms with Crippen molar-refractivity contribution in [2.75, 3.05) is 0 Å². The van der Waals surface area contributed by atoms with Crippen LogP contribution in [0, 0.1) is 12.7 Å². The van der Waals surface area contributed by atoms with Gasteiger partial charge in [-0.3, -0.25) is 4.79 Å². The Kier molecular flexibility index (Phi) is 5.33. The van der Waals surface area contributed by atoms with Gasteiger partial charge in [0.05, 0.1) is 16.1 Å². The van der Waals surface area contributed by atoms with E-state index in [2.05, 4.69) is 4.98 Å². The molecule has 0 unspecified atom stereocenters. The maximum Gasteiger partial charge on any atom is 0.323 e. The number of nitrogens with zero attached hydrogens (tertiary/aromatic N) is 2. The van der Waals surface area contributed by atoms with E-state index < -0.39 is 21.6 Å². The molecule has 0 bridgehead atoms. The third-order valence-corrected chi connectivity index (χ3v) is 8.43. The summed E-state index contributed by atoms with van der Waals surface area (Å²) in [7, 11) is -3.70. The number of carbonyl (C=O) groups is 1. The fourth-order valence-electron chi connectivity index (χ4n) is 3.74. The van der Waals surface area contributed by atoms with E-state index in [9.17, 15) is 22.7 Å². The smallest absolute Gasteiger partial charge is 0.323 e. The normalized spacial score (nSPS) is 14.3. The highest BCUT2D eigenvalue weighted by molar-refractivity contribution is 7.97. The van der Waals surface area contributed by atoms with Crippen molar-refractivity contribution < 1.29 is 22.7 Å². The van der Waals surface area contributed by atoms with Crippen LogP contribution in [-0.4, -0.2) is 29.0 Å². The van der Waals surface area contributed by atoms with Crippen LogP contribution in [-0.2, 0) is 27.6 Å². The number of carboxylic acid groups (broad SMARTS) is 1. The van der Waals surface area contributed by atoms with Crippen LogP contribution in [0.4, 0.5) is 4.39 Å². The van der Waals surface area contributed by atoms with E-state index in [0.29, 0.717) is 34.3 Å². The van der Waals surface area contributed by atoms with Gasteiger partial charge in [-0.15, -0.1) is 11.3 Å². The van der Waals surface area contributed by atoms with Gasteiger partial charge in [0.25, 0.3) is 0 Å². The highest BCUT2D eigenvalue weighted by atomic mass is 32.2. The number of benzene rings is 1. The molecule has 2 heterocycles. The van der Waals surface area contributed by atoms with Crippen LogP contribution in [0.5, 0.6) is 0 Å². The molecule has 0 aliphatic heterocycles. The number of thiazole rings is 1. The van der Waals surface area contributed by atoms with Crippen molar-refractivity contribution in [3.05, 3.63) is 69.6 Å². The molecule has 0 saturated heterocycles. The summed E-state index contributed by atoms with van der Waals surface area (Å²) in [5.41, 5.74) is 3.76. The van der Waals surface area contributed by atoms with Gasteiger partial charge in [0.1, 0.15) is 16.6 Å². The van der Waals surface area contributed by atoms with Gasteiger partial charge in [-0.1, -0.05) is 12.2 Å².